The summed E-state index contributed by atoms with van der Waals surface area (Å²) in [5.74, 6) is -6.83. The topological polar surface area (TPSA) is 293 Å². The zero-order chi connectivity index (χ0) is 34.4. The summed E-state index contributed by atoms with van der Waals surface area (Å²) in [6.07, 6.45) is -1.01. The number of hydrogen-bond acceptors (Lipinski definition) is 11. The summed E-state index contributed by atoms with van der Waals surface area (Å²) < 4.78 is 40.4. The largest absolute Gasteiger partial charge is 0.480 e. The Kier molecular flexibility index (Phi) is 22.6. The average molecular weight is 893 g/mol. The number of hydrogen-bond donors (Lipinski definition) is 8. The van der Waals surface area contributed by atoms with E-state index in [9.17, 15) is 52.2 Å². The fraction of sp³-hybridized carbons (Fsp3) is 0.696. The second kappa shape index (κ2) is 23.9. The maximum absolute atomic E-state index is 12.0. The average Bonchev–Trinajstić information content (AvgIpc) is 2.94. The first-order valence-corrected chi connectivity index (χ1v) is 17.6. The zero-order valence-corrected chi connectivity index (χ0v) is 29.1. The monoisotopic (exact) mass is 893 g/mol. The number of carbonyl (C=O) groups is 7. The molecule has 0 bridgehead atoms. The number of carbonyl (C=O) groups excluding carboxylic acids is 5. The van der Waals surface area contributed by atoms with Gasteiger partial charge in [0.2, 0.25) is 29.5 Å². The predicted octanol–water partition coefficient (Wildman–Crippen LogP) is -2.81. The van der Waals surface area contributed by atoms with Crippen LogP contribution in [0.15, 0.2) is 0 Å². The van der Waals surface area contributed by atoms with E-state index in [4.69, 9.17) is 14.0 Å². The molecule has 0 aliphatic carbocycles. The van der Waals surface area contributed by atoms with Crippen LogP contribution in [-0.4, -0.2) is 137 Å². The summed E-state index contributed by atoms with van der Waals surface area (Å²) >= 11 is 3.51. The van der Waals surface area contributed by atoms with E-state index in [1.807, 2.05) is 0 Å². The SMILES string of the molecule is O=C(CCC(NC(=O)C(I)CS(=O)(=O)O)C(=O)O)NCCOCCOCC(=O)NC(CCC(=O)NCC(=O)NCCI)C(=O)O. The van der Waals surface area contributed by atoms with E-state index in [2.05, 4.69) is 49.2 Å². The number of ether oxygens (including phenoxy) is 2. The number of nitrogens with one attached hydrogen (secondary N) is 5. The van der Waals surface area contributed by atoms with Gasteiger partial charge in [-0.2, -0.15) is 8.42 Å². The molecule has 3 unspecified atom stereocenters. The van der Waals surface area contributed by atoms with Gasteiger partial charge in [-0.3, -0.25) is 28.5 Å². The van der Waals surface area contributed by atoms with Gasteiger partial charge >= 0.3 is 11.9 Å². The summed E-state index contributed by atoms with van der Waals surface area (Å²) in [6.45, 7) is -0.225. The molecule has 8 N–H and O–H groups in total. The normalized spacial score (nSPS) is 13.0. The van der Waals surface area contributed by atoms with Crippen LogP contribution in [0.5, 0.6) is 0 Å². The van der Waals surface area contributed by atoms with Crippen LogP contribution in [0, 0.1) is 0 Å². The molecule has 0 aromatic rings. The van der Waals surface area contributed by atoms with Crippen LogP contribution in [0.3, 0.4) is 0 Å². The van der Waals surface area contributed by atoms with Gasteiger partial charge in [-0.25, -0.2) is 9.59 Å². The fourth-order valence-electron chi connectivity index (χ4n) is 3.08. The molecule has 0 spiro atoms. The van der Waals surface area contributed by atoms with E-state index in [0.29, 0.717) is 11.0 Å². The molecule has 0 saturated carbocycles. The third kappa shape index (κ3) is 23.6. The highest BCUT2D eigenvalue weighted by Crippen LogP contribution is 2.07. The van der Waals surface area contributed by atoms with E-state index in [1.165, 1.54) is 22.6 Å². The molecular weight excluding hydrogens is 856 g/mol. The Balaban J connectivity index is 4.15. The molecule has 0 aromatic carbocycles. The van der Waals surface area contributed by atoms with Crippen molar-refractivity contribution in [3.8, 4) is 0 Å². The quantitative estimate of drug-likeness (QED) is 0.0199. The summed E-state index contributed by atoms with van der Waals surface area (Å²) in [4.78, 5) is 82.0. The molecule has 0 rings (SSSR count). The Morgan fingerprint density at radius 3 is 1.80 bits per heavy atom. The van der Waals surface area contributed by atoms with Crippen LogP contribution in [-0.2, 0) is 53.2 Å². The Morgan fingerprint density at radius 2 is 1.24 bits per heavy atom. The number of aliphatic carboxylic acids is 2. The number of amides is 5. The maximum atomic E-state index is 12.0. The van der Waals surface area contributed by atoms with Crippen LogP contribution in [0.1, 0.15) is 25.7 Å². The molecule has 19 nitrogen and oxygen atoms in total. The number of carboxylic acids is 2. The van der Waals surface area contributed by atoms with E-state index >= 15 is 0 Å². The third-order valence-electron chi connectivity index (χ3n) is 5.25. The molecule has 0 fully saturated rings. The lowest BCUT2D eigenvalue weighted by Gasteiger charge is -2.16. The minimum atomic E-state index is -4.45. The maximum Gasteiger partial charge on any atom is 0.326 e. The van der Waals surface area contributed by atoms with E-state index in [0.717, 1.165) is 0 Å². The van der Waals surface area contributed by atoms with Crippen molar-refractivity contribution >= 4 is 96.8 Å². The first-order valence-electron chi connectivity index (χ1n) is 13.2. The van der Waals surface area contributed by atoms with Crippen molar-refractivity contribution in [2.45, 2.75) is 41.7 Å². The van der Waals surface area contributed by atoms with Crippen LogP contribution >= 0.6 is 45.2 Å². The Morgan fingerprint density at radius 1 is 0.711 bits per heavy atom. The van der Waals surface area contributed by atoms with Crippen LogP contribution in [0.4, 0.5) is 0 Å². The van der Waals surface area contributed by atoms with Gasteiger partial charge in [0.05, 0.1) is 32.1 Å². The number of halogens is 2. The summed E-state index contributed by atoms with van der Waals surface area (Å²) in [6, 6.07) is -2.82. The second-order valence-corrected chi connectivity index (χ2v) is 13.1. The molecule has 0 saturated heterocycles. The van der Waals surface area contributed by atoms with Gasteiger partial charge < -0.3 is 46.3 Å². The first kappa shape index (κ1) is 42.6. The highest BCUT2D eigenvalue weighted by atomic mass is 127. The Hall–Kier alpha value is -2.42. The van der Waals surface area contributed by atoms with Gasteiger partial charge in [0.15, 0.2) is 0 Å². The molecule has 0 aromatic heterocycles. The molecular formula is C23H37I2N5O14S. The van der Waals surface area contributed by atoms with Crippen molar-refractivity contribution in [2.75, 3.05) is 56.2 Å². The lowest BCUT2D eigenvalue weighted by molar-refractivity contribution is -0.143. The third-order valence-corrected chi connectivity index (χ3v) is 8.14. The van der Waals surface area contributed by atoms with Gasteiger partial charge in [-0.1, -0.05) is 45.2 Å². The predicted molar refractivity (Wildman–Crippen MR) is 171 cm³/mol. The lowest BCUT2D eigenvalue weighted by Crippen LogP contribution is -2.46. The van der Waals surface area contributed by atoms with Crippen molar-refractivity contribution in [1.29, 1.82) is 0 Å². The number of rotatable bonds is 25. The van der Waals surface area contributed by atoms with Crippen molar-refractivity contribution in [3.63, 3.8) is 0 Å². The highest BCUT2D eigenvalue weighted by molar-refractivity contribution is 14.1. The molecule has 0 radical (unpaired) electrons. The Labute approximate surface area is 286 Å². The molecule has 22 heteroatoms. The highest BCUT2D eigenvalue weighted by Gasteiger charge is 2.27. The zero-order valence-electron chi connectivity index (χ0n) is 23.9. The van der Waals surface area contributed by atoms with E-state index in [-0.39, 0.29) is 64.5 Å². The first-order chi connectivity index (χ1) is 21.0. The number of alkyl halides is 2. The molecule has 0 aliphatic heterocycles. The summed E-state index contributed by atoms with van der Waals surface area (Å²) in [5.41, 5.74) is 0. The molecule has 0 heterocycles. The minimum absolute atomic E-state index is 0.0191. The van der Waals surface area contributed by atoms with Gasteiger partial charge in [-0.05, 0) is 12.8 Å². The van der Waals surface area contributed by atoms with Gasteiger partial charge in [0.1, 0.15) is 22.6 Å². The van der Waals surface area contributed by atoms with Gasteiger partial charge in [0, 0.05) is 30.4 Å². The van der Waals surface area contributed by atoms with Crippen molar-refractivity contribution < 1.29 is 66.2 Å². The molecule has 258 valence electrons. The van der Waals surface area contributed by atoms with Crippen LogP contribution in [0.25, 0.3) is 0 Å². The van der Waals surface area contributed by atoms with Gasteiger partial charge in [-0.15, -0.1) is 0 Å². The smallest absolute Gasteiger partial charge is 0.326 e. The molecule has 5 amide bonds. The summed E-state index contributed by atoms with van der Waals surface area (Å²) in [5, 5.41) is 30.3. The van der Waals surface area contributed by atoms with Crippen LogP contribution in [0.2, 0.25) is 0 Å². The van der Waals surface area contributed by atoms with Crippen molar-refractivity contribution in [1.82, 2.24) is 26.6 Å². The van der Waals surface area contributed by atoms with Gasteiger partial charge in [0.25, 0.3) is 10.1 Å². The fourth-order valence-corrected chi connectivity index (χ4v) is 5.41. The summed E-state index contributed by atoms with van der Waals surface area (Å²) in [7, 11) is -4.45. The van der Waals surface area contributed by atoms with E-state index < -0.39 is 74.1 Å². The molecule has 45 heavy (non-hydrogen) atoms. The lowest BCUT2D eigenvalue weighted by atomic mass is 10.1. The van der Waals surface area contributed by atoms with Crippen molar-refractivity contribution in [2.24, 2.45) is 0 Å². The minimum Gasteiger partial charge on any atom is -0.480 e. The Bertz CT molecular complexity index is 1130. The second-order valence-electron chi connectivity index (χ2n) is 8.98. The molecule has 3 atom stereocenters. The number of carboxylic acid groups (broad SMARTS) is 2. The van der Waals surface area contributed by atoms with E-state index in [1.54, 1.807) is 0 Å². The standard InChI is InChI=1S/C23H37I2N5O14S/c24-5-6-26-19(33)11-28-18(32)4-1-15(22(36)37)29-20(34)12-44-10-9-43-8-7-27-17(31)3-2-16(23(38)39)30-21(35)14(25)13-45(40,41)42/h14-16H,1-13H2,(H,26,33)(H,27,31)(H,28,32)(H,29,34)(H,30,35)(H,36,37)(H,38,39)(H,40,41,42). The van der Waals surface area contributed by atoms with Crippen molar-refractivity contribution in [3.05, 3.63) is 0 Å². The molecule has 0 aliphatic rings. The van der Waals surface area contributed by atoms with Crippen LogP contribution < -0.4 is 26.6 Å².